The fraction of sp³-hybridized carbons (Fsp3) is 0.667. The predicted octanol–water partition coefficient (Wildman–Crippen LogP) is 30.8. The molecule has 15 heteroatoms. The van der Waals surface area contributed by atoms with Crippen molar-refractivity contribution in [3.8, 4) is 28.7 Å². The molecule has 5 aliphatic rings. The van der Waals surface area contributed by atoms with Crippen LogP contribution < -0.4 is 23.7 Å². The molecule has 5 nitrogen and oxygen atoms in total. The molecular formula is C90H140F5O5S5. The Hall–Kier alpha value is -4.15. The van der Waals surface area contributed by atoms with Gasteiger partial charge in [0.25, 0.3) is 0 Å². The number of halogens is 5. The van der Waals surface area contributed by atoms with Crippen LogP contribution in [0.1, 0.15) is 291 Å². The predicted molar refractivity (Wildman–Crippen MR) is 449 cm³/mol. The summed E-state index contributed by atoms with van der Waals surface area (Å²) >= 11 is 25.4. The van der Waals surface area contributed by atoms with Crippen LogP contribution in [-0.4, -0.2) is 33.0 Å². The molecule has 5 aliphatic carbocycles. The lowest BCUT2D eigenvalue weighted by molar-refractivity contribution is 0.177. The zero-order valence-electron chi connectivity index (χ0n) is 65.3. The lowest BCUT2D eigenvalue weighted by atomic mass is 9.80. The fourth-order valence-electron chi connectivity index (χ4n) is 15.6. The van der Waals surface area contributed by atoms with E-state index in [2.05, 4.69) is 34.6 Å². The van der Waals surface area contributed by atoms with E-state index in [0.29, 0.717) is 0 Å². The van der Waals surface area contributed by atoms with E-state index in [0.717, 1.165) is 145 Å². The van der Waals surface area contributed by atoms with Crippen LogP contribution in [0.2, 0.25) is 0 Å². The standard InChI is InChI=1S/5C18H27OS.5FH/c5*1-2-3-4-5-15-6-8-16(9-7-15)14-19-17-10-12-18(20)13-11-17;;;;;/h5*10-13,15-16H,2-9,14H2,1H3;5*1H. The first kappa shape index (κ1) is 98.9. The Bertz CT molecular complexity index is 2290. The lowest BCUT2D eigenvalue weighted by Crippen LogP contribution is -2.20. The maximum Gasteiger partial charge on any atom is 0.119 e. The highest BCUT2D eigenvalue weighted by Crippen LogP contribution is 2.38. The fourth-order valence-corrected chi connectivity index (χ4v) is 16.3. The van der Waals surface area contributed by atoms with Crippen molar-refractivity contribution < 1.29 is 47.2 Å². The molecule has 0 atom stereocenters. The van der Waals surface area contributed by atoms with Gasteiger partial charge in [0.1, 0.15) is 28.7 Å². The van der Waals surface area contributed by atoms with E-state index >= 15 is 0 Å². The zero-order chi connectivity index (χ0) is 71.0. The molecule has 5 aromatic rings. The number of hydrogen-bond donors (Lipinski definition) is 0. The molecule has 0 aromatic heterocycles. The van der Waals surface area contributed by atoms with E-state index in [1.54, 1.807) is 0 Å². The molecule has 5 fully saturated rings. The van der Waals surface area contributed by atoms with Crippen molar-refractivity contribution in [3.63, 3.8) is 0 Å². The van der Waals surface area contributed by atoms with Gasteiger partial charge in [0.05, 0.1) is 33.0 Å². The molecule has 0 N–H and O–H groups in total. The van der Waals surface area contributed by atoms with Crippen LogP contribution in [0.4, 0.5) is 23.5 Å². The van der Waals surface area contributed by atoms with Crippen LogP contribution in [0.3, 0.4) is 0 Å². The number of ether oxygens (including phenoxy) is 5. The molecule has 0 spiro atoms. The molecule has 10 rings (SSSR count). The van der Waals surface area contributed by atoms with Crippen LogP contribution in [0.25, 0.3) is 0 Å². The Balaban J connectivity index is 0.000000649. The van der Waals surface area contributed by atoms with Gasteiger partial charge in [-0.15, -0.1) is 0 Å². The topological polar surface area (TPSA) is 46.2 Å². The van der Waals surface area contributed by atoms with E-state index in [4.69, 9.17) is 86.8 Å². The summed E-state index contributed by atoms with van der Waals surface area (Å²) in [4.78, 5) is 4.40. The normalized spacial score (nSPS) is 21.6. The van der Waals surface area contributed by atoms with E-state index < -0.39 is 0 Å². The van der Waals surface area contributed by atoms with E-state index in [1.807, 2.05) is 121 Å². The highest BCUT2D eigenvalue weighted by Gasteiger charge is 2.26. The minimum Gasteiger partial charge on any atom is -0.493 e. The number of hydrogen-bond acceptors (Lipinski definition) is 5. The Morgan fingerprint density at radius 1 is 0.200 bits per heavy atom. The Kier molecular flexibility index (Phi) is 58.0. The van der Waals surface area contributed by atoms with Crippen molar-refractivity contribution in [2.75, 3.05) is 33.0 Å². The van der Waals surface area contributed by atoms with Gasteiger partial charge in [0.2, 0.25) is 0 Å². The van der Waals surface area contributed by atoms with Crippen molar-refractivity contribution in [1.29, 1.82) is 0 Å². The summed E-state index contributed by atoms with van der Waals surface area (Å²) in [5.41, 5.74) is 0. The minimum atomic E-state index is 0. The third-order valence-electron chi connectivity index (χ3n) is 22.5. The third-order valence-corrected chi connectivity index (χ3v) is 23.8. The van der Waals surface area contributed by atoms with Gasteiger partial charge in [0.15, 0.2) is 0 Å². The molecule has 0 unspecified atom stereocenters. The van der Waals surface area contributed by atoms with Crippen LogP contribution >= 0.6 is 63.1 Å². The summed E-state index contributed by atoms with van der Waals surface area (Å²) in [5, 5.41) is 0. The summed E-state index contributed by atoms with van der Waals surface area (Å²) in [7, 11) is 0. The maximum atomic E-state index is 5.89. The van der Waals surface area contributed by atoms with Crippen LogP contribution in [-0.2, 0) is 0 Å². The second-order valence-corrected chi connectivity index (χ2v) is 33.2. The third kappa shape index (κ3) is 44.9. The van der Waals surface area contributed by atoms with Crippen molar-refractivity contribution >= 4 is 63.1 Å². The average molecular weight is 1560 g/mol. The second kappa shape index (κ2) is 61.6. The summed E-state index contributed by atoms with van der Waals surface area (Å²) in [6.07, 6.45) is 55.6. The Labute approximate surface area is 664 Å². The smallest absolute Gasteiger partial charge is 0.119 e. The second-order valence-electron chi connectivity index (χ2n) is 30.8. The summed E-state index contributed by atoms with van der Waals surface area (Å²) in [6, 6.07) is 39.2. The van der Waals surface area contributed by atoms with Gasteiger partial charge in [-0.25, -0.2) is 0 Å². The monoisotopic (exact) mass is 1560 g/mol. The van der Waals surface area contributed by atoms with Gasteiger partial charge in [-0.2, -0.15) is 0 Å². The van der Waals surface area contributed by atoms with Crippen LogP contribution in [0, 0.1) is 59.2 Å². The molecule has 0 amide bonds. The summed E-state index contributed by atoms with van der Waals surface area (Å²) in [5.74, 6) is 13.5. The van der Waals surface area contributed by atoms with E-state index in [-0.39, 0.29) is 23.5 Å². The molecular weight excluding hydrogens is 1420 g/mol. The lowest BCUT2D eigenvalue weighted by Gasteiger charge is -2.28. The average Bonchev–Trinajstić information content (AvgIpc) is 0.996. The molecule has 5 radical (unpaired) electrons. The van der Waals surface area contributed by atoms with Crippen molar-refractivity contribution in [3.05, 3.63) is 121 Å². The van der Waals surface area contributed by atoms with Gasteiger partial charge in [0, 0.05) is 24.5 Å². The van der Waals surface area contributed by atoms with Crippen molar-refractivity contribution in [1.82, 2.24) is 0 Å². The molecule has 0 saturated heterocycles. The van der Waals surface area contributed by atoms with Crippen LogP contribution in [0.15, 0.2) is 146 Å². The van der Waals surface area contributed by atoms with Crippen molar-refractivity contribution in [2.45, 2.75) is 316 Å². The first-order valence-corrected chi connectivity index (χ1v) is 42.9. The quantitative estimate of drug-likeness (QED) is 0.0299. The molecule has 0 bridgehead atoms. The van der Waals surface area contributed by atoms with Crippen molar-refractivity contribution in [2.24, 2.45) is 59.2 Å². The molecule has 105 heavy (non-hydrogen) atoms. The van der Waals surface area contributed by atoms with Crippen LogP contribution in [0.5, 0.6) is 28.7 Å². The number of benzene rings is 5. The van der Waals surface area contributed by atoms with E-state index in [9.17, 15) is 0 Å². The SMILES string of the molecule is CCCCCC1CCC(COc2ccc([S])cc2)CC1.CCCCCC1CCC(COc2ccc([S])cc2)CC1.CCCCCC1CCC(COc2ccc([S])cc2)CC1.CCCCCC1CCC(COc2ccc([S])cc2)CC1.CCCCCC1CCC(COc2ccc([S])cc2)CC1.F.F.F.F.F. The molecule has 0 aliphatic heterocycles. The summed E-state index contributed by atoms with van der Waals surface area (Å²) in [6.45, 7) is 15.8. The maximum absolute atomic E-state index is 5.89. The highest BCUT2D eigenvalue weighted by atomic mass is 32.1. The van der Waals surface area contributed by atoms with Gasteiger partial charge in [-0.1, -0.05) is 290 Å². The molecule has 5 aromatic carbocycles. The van der Waals surface area contributed by atoms with Gasteiger partial charge in [-0.05, 0) is 245 Å². The van der Waals surface area contributed by atoms with Gasteiger partial charge < -0.3 is 23.7 Å². The van der Waals surface area contributed by atoms with Gasteiger partial charge in [-0.3, -0.25) is 23.5 Å². The van der Waals surface area contributed by atoms with Gasteiger partial charge >= 0.3 is 0 Å². The summed E-state index contributed by atoms with van der Waals surface area (Å²) < 4.78 is 29.4. The zero-order valence-corrected chi connectivity index (χ0v) is 69.3. The molecule has 595 valence electrons. The number of unbranched alkanes of at least 4 members (excludes halogenated alkanes) is 10. The van der Waals surface area contributed by atoms with E-state index in [1.165, 1.54) is 257 Å². The first-order valence-electron chi connectivity index (χ1n) is 40.9. The number of rotatable bonds is 35. The highest BCUT2D eigenvalue weighted by molar-refractivity contribution is 7.81. The Morgan fingerprint density at radius 2 is 0.324 bits per heavy atom. The minimum absolute atomic E-state index is 0. The molecule has 5 saturated carbocycles. The first-order chi connectivity index (χ1) is 48.9. The molecule has 0 heterocycles. The Morgan fingerprint density at radius 3 is 0.448 bits per heavy atom. The largest absolute Gasteiger partial charge is 0.493 e.